The zero-order valence-electron chi connectivity index (χ0n) is 20.1. The molecule has 10 heteroatoms. The minimum absolute atomic E-state index is 0.181. The number of nitrogens with zero attached hydrogens (tertiary/aromatic N) is 3. The van der Waals surface area contributed by atoms with Crippen LogP contribution in [0.2, 0.25) is 0 Å². The van der Waals surface area contributed by atoms with Crippen molar-refractivity contribution in [1.82, 2.24) is 8.87 Å². The highest BCUT2D eigenvalue weighted by Gasteiger charge is 2.28. The summed E-state index contributed by atoms with van der Waals surface area (Å²) in [7, 11) is -3.59. The number of fused-ring (bicyclic) bond motifs is 1. The van der Waals surface area contributed by atoms with Gasteiger partial charge in [0.25, 0.3) is 5.91 Å². The average Bonchev–Trinajstić information content (AvgIpc) is 3.20. The van der Waals surface area contributed by atoms with Gasteiger partial charge in [0.05, 0.1) is 27.3 Å². The summed E-state index contributed by atoms with van der Waals surface area (Å²) in [5.74, 6) is -0.521. The fraction of sp³-hybridized carbons (Fsp3) is 0.400. The molecule has 0 N–H and O–H groups in total. The zero-order valence-corrected chi connectivity index (χ0v) is 21.7. The Hall–Kier alpha value is -2.82. The number of hydrogen-bond acceptors (Lipinski definition) is 6. The predicted molar refractivity (Wildman–Crippen MR) is 135 cm³/mol. The maximum absolute atomic E-state index is 13.0. The smallest absolute Gasteiger partial charge is 0.338 e. The van der Waals surface area contributed by atoms with Gasteiger partial charge in [-0.1, -0.05) is 18.3 Å². The molecule has 1 fully saturated rings. The molecule has 0 aliphatic carbocycles. The summed E-state index contributed by atoms with van der Waals surface area (Å²) in [5, 5.41) is 0. The van der Waals surface area contributed by atoms with E-state index in [1.165, 1.54) is 39.9 Å². The van der Waals surface area contributed by atoms with Crippen LogP contribution in [0.1, 0.15) is 54.3 Å². The number of thiazole rings is 1. The zero-order chi connectivity index (χ0) is 25.2. The molecule has 1 saturated heterocycles. The van der Waals surface area contributed by atoms with Crippen molar-refractivity contribution in [2.24, 2.45) is 10.9 Å². The van der Waals surface area contributed by atoms with E-state index in [4.69, 9.17) is 4.74 Å². The van der Waals surface area contributed by atoms with E-state index in [0.717, 1.165) is 23.1 Å². The van der Waals surface area contributed by atoms with Gasteiger partial charge >= 0.3 is 5.97 Å². The lowest BCUT2D eigenvalue weighted by molar-refractivity contribution is 0.0526. The Bertz CT molecular complexity index is 1420. The predicted octanol–water partition coefficient (Wildman–Crippen LogP) is 4.06. The molecule has 0 radical (unpaired) electrons. The summed E-state index contributed by atoms with van der Waals surface area (Å²) in [5.41, 5.74) is 1.62. The number of carbonyl (C=O) groups excluding carboxylic acids is 2. The van der Waals surface area contributed by atoms with Gasteiger partial charge in [0.2, 0.25) is 10.0 Å². The molecule has 1 aliphatic rings. The number of ether oxygens (including phenoxy) is 1. The number of benzene rings is 2. The quantitative estimate of drug-likeness (QED) is 0.461. The Kier molecular flexibility index (Phi) is 7.53. The molecule has 3 aromatic rings. The molecule has 1 aromatic heterocycles. The third kappa shape index (κ3) is 5.24. The second kappa shape index (κ2) is 10.4. The largest absolute Gasteiger partial charge is 0.462 e. The molecule has 0 saturated carbocycles. The number of aromatic nitrogens is 1. The van der Waals surface area contributed by atoms with Gasteiger partial charge in [0.15, 0.2) is 4.80 Å². The Balaban J connectivity index is 1.62. The summed E-state index contributed by atoms with van der Waals surface area (Å²) in [6.07, 6.45) is 1.88. The molecule has 186 valence electrons. The standard InChI is InChI=1S/C25H29N3O5S2/c1-4-28-21-13-10-19(24(30)33-5-2)15-22(21)34-25(28)26-23(29)18-8-11-20(12-9-18)35(31,32)27-14-6-7-17(3)16-27/h8-13,15,17H,4-7,14,16H2,1-3H3. The molecule has 8 nitrogen and oxygen atoms in total. The summed E-state index contributed by atoms with van der Waals surface area (Å²) in [6.45, 7) is 7.68. The van der Waals surface area contributed by atoms with Crippen molar-refractivity contribution in [3.63, 3.8) is 0 Å². The van der Waals surface area contributed by atoms with Crippen LogP contribution in [0.5, 0.6) is 0 Å². The number of esters is 1. The normalized spacial score (nSPS) is 17.6. The minimum Gasteiger partial charge on any atom is -0.462 e. The van der Waals surface area contributed by atoms with E-state index < -0.39 is 21.9 Å². The van der Waals surface area contributed by atoms with E-state index in [0.29, 0.717) is 48.1 Å². The van der Waals surface area contributed by atoms with Crippen molar-refractivity contribution in [1.29, 1.82) is 0 Å². The number of aryl methyl sites for hydroxylation is 1. The van der Waals surface area contributed by atoms with E-state index in [2.05, 4.69) is 11.9 Å². The molecule has 2 heterocycles. The van der Waals surface area contributed by atoms with Gasteiger partial charge in [-0.2, -0.15) is 9.30 Å². The van der Waals surface area contributed by atoms with Gasteiger partial charge in [0, 0.05) is 25.2 Å². The Morgan fingerprint density at radius 1 is 1.11 bits per heavy atom. The lowest BCUT2D eigenvalue weighted by Crippen LogP contribution is -2.39. The highest BCUT2D eigenvalue weighted by molar-refractivity contribution is 7.89. The molecular weight excluding hydrogens is 486 g/mol. The van der Waals surface area contributed by atoms with Crippen LogP contribution in [0, 0.1) is 5.92 Å². The molecule has 35 heavy (non-hydrogen) atoms. The van der Waals surface area contributed by atoms with Gasteiger partial charge < -0.3 is 9.30 Å². The number of piperidine rings is 1. The van der Waals surface area contributed by atoms with Crippen LogP contribution in [0.15, 0.2) is 52.4 Å². The lowest BCUT2D eigenvalue weighted by Gasteiger charge is -2.30. The fourth-order valence-electron chi connectivity index (χ4n) is 4.24. The molecule has 1 unspecified atom stereocenters. The average molecular weight is 516 g/mol. The van der Waals surface area contributed by atoms with E-state index in [1.54, 1.807) is 19.1 Å². The summed E-state index contributed by atoms with van der Waals surface area (Å²) in [4.78, 5) is 30.0. The Morgan fingerprint density at radius 3 is 2.49 bits per heavy atom. The van der Waals surface area contributed by atoms with Crippen molar-refractivity contribution in [2.75, 3.05) is 19.7 Å². The first-order chi connectivity index (χ1) is 16.7. The summed E-state index contributed by atoms with van der Waals surface area (Å²) < 4.78 is 35.3. The third-order valence-electron chi connectivity index (χ3n) is 6.07. The van der Waals surface area contributed by atoms with E-state index in [9.17, 15) is 18.0 Å². The fourth-order valence-corrected chi connectivity index (χ4v) is 6.97. The van der Waals surface area contributed by atoms with Crippen LogP contribution < -0.4 is 4.80 Å². The van der Waals surface area contributed by atoms with Gasteiger partial charge in [-0.25, -0.2) is 13.2 Å². The minimum atomic E-state index is -3.59. The first-order valence-corrected chi connectivity index (χ1v) is 14.0. The second-order valence-electron chi connectivity index (χ2n) is 8.58. The Morgan fingerprint density at radius 2 is 1.83 bits per heavy atom. The lowest BCUT2D eigenvalue weighted by atomic mass is 10.0. The summed E-state index contributed by atoms with van der Waals surface area (Å²) >= 11 is 1.31. The molecule has 4 rings (SSSR count). The van der Waals surface area contributed by atoms with Crippen molar-refractivity contribution in [2.45, 2.75) is 45.1 Å². The molecule has 0 bridgehead atoms. The van der Waals surface area contributed by atoms with Gasteiger partial charge in [-0.05, 0) is 75.1 Å². The van der Waals surface area contributed by atoms with Gasteiger partial charge in [-0.15, -0.1) is 0 Å². The molecule has 1 amide bonds. The van der Waals surface area contributed by atoms with E-state index >= 15 is 0 Å². The van der Waals surface area contributed by atoms with Crippen LogP contribution in [0.25, 0.3) is 10.2 Å². The van der Waals surface area contributed by atoms with Crippen molar-refractivity contribution < 1.29 is 22.7 Å². The number of amides is 1. The van der Waals surface area contributed by atoms with Crippen LogP contribution in [-0.2, 0) is 21.3 Å². The molecule has 1 atom stereocenters. The highest BCUT2D eigenvalue weighted by atomic mass is 32.2. The molecule has 1 aliphatic heterocycles. The highest BCUT2D eigenvalue weighted by Crippen LogP contribution is 2.24. The van der Waals surface area contributed by atoms with Crippen molar-refractivity contribution in [3.8, 4) is 0 Å². The van der Waals surface area contributed by atoms with E-state index in [1.807, 2.05) is 17.6 Å². The second-order valence-corrected chi connectivity index (χ2v) is 11.5. The number of hydrogen-bond donors (Lipinski definition) is 0. The van der Waals surface area contributed by atoms with Crippen molar-refractivity contribution >= 4 is 43.5 Å². The molecule has 2 aromatic carbocycles. The number of carbonyl (C=O) groups is 2. The Labute approximate surface area is 208 Å². The van der Waals surface area contributed by atoms with Crippen molar-refractivity contribution in [3.05, 3.63) is 58.4 Å². The number of sulfonamides is 1. The van der Waals surface area contributed by atoms with Crippen LogP contribution >= 0.6 is 11.3 Å². The maximum Gasteiger partial charge on any atom is 0.338 e. The third-order valence-corrected chi connectivity index (χ3v) is 8.99. The first-order valence-electron chi connectivity index (χ1n) is 11.7. The van der Waals surface area contributed by atoms with Crippen LogP contribution in [0.3, 0.4) is 0 Å². The molecular formula is C25H29N3O5S2. The molecule has 0 spiro atoms. The van der Waals surface area contributed by atoms with Gasteiger partial charge in [-0.3, -0.25) is 4.79 Å². The number of rotatable bonds is 6. The van der Waals surface area contributed by atoms with Crippen LogP contribution in [-0.4, -0.2) is 48.9 Å². The first kappa shape index (κ1) is 25.3. The van der Waals surface area contributed by atoms with E-state index in [-0.39, 0.29) is 4.90 Å². The SMILES string of the molecule is CCOC(=O)c1ccc2c(c1)sc(=NC(=O)c1ccc(S(=O)(=O)N3CCCC(C)C3)cc1)n2CC. The van der Waals surface area contributed by atoms with Crippen LogP contribution in [0.4, 0.5) is 0 Å². The summed E-state index contributed by atoms with van der Waals surface area (Å²) in [6, 6.07) is 11.2. The topological polar surface area (TPSA) is 98.0 Å². The van der Waals surface area contributed by atoms with Gasteiger partial charge in [0.1, 0.15) is 0 Å². The maximum atomic E-state index is 13.0. The monoisotopic (exact) mass is 515 g/mol.